The van der Waals surface area contributed by atoms with Crippen LogP contribution in [0.2, 0.25) is 0 Å². The van der Waals surface area contributed by atoms with Gasteiger partial charge in [0.25, 0.3) is 0 Å². The molecule has 0 radical (unpaired) electrons. The fourth-order valence-electron chi connectivity index (χ4n) is 8.94. The third kappa shape index (κ3) is 42.0. The van der Waals surface area contributed by atoms with Gasteiger partial charge in [0.2, 0.25) is 5.91 Å². The Morgan fingerprint density at radius 1 is 0.479 bits per heavy atom. The van der Waals surface area contributed by atoms with E-state index in [1.54, 1.807) is 6.08 Å². The van der Waals surface area contributed by atoms with Crippen molar-refractivity contribution >= 4 is 5.91 Å². The van der Waals surface area contributed by atoms with Crippen LogP contribution in [0.1, 0.15) is 245 Å². The number of nitrogens with one attached hydrogen (secondary N) is 1. The van der Waals surface area contributed by atoms with E-state index in [9.17, 15) is 30.3 Å². The molecule has 1 aliphatic heterocycles. The first-order valence-corrected chi connectivity index (χ1v) is 30.0. The number of rotatable bonds is 50. The molecule has 0 aromatic carbocycles. The molecule has 9 heteroatoms. The number of hydrogen-bond acceptors (Lipinski definition) is 8. The summed E-state index contributed by atoms with van der Waals surface area (Å²) >= 11 is 0. The van der Waals surface area contributed by atoms with Crippen LogP contribution >= 0.6 is 0 Å². The molecule has 0 bridgehead atoms. The fraction of sp³-hybridized carbons (Fsp3) is 0.734. The highest BCUT2D eigenvalue weighted by Gasteiger charge is 2.44. The Bertz CT molecular complexity index is 1460. The van der Waals surface area contributed by atoms with E-state index in [4.69, 9.17) is 9.47 Å². The lowest BCUT2D eigenvalue weighted by atomic mass is 9.99. The van der Waals surface area contributed by atoms with Crippen molar-refractivity contribution in [1.29, 1.82) is 0 Å². The minimum atomic E-state index is -1.58. The summed E-state index contributed by atoms with van der Waals surface area (Å²) in [4.78, 5) is 13.1. The van der Waals surface area contributed by atoms with E-state index in [2.05, 4.69) is 104 Å². The minimum absolute atomic E-state index is 0.203. The summed E-state index contributed by atoms with van der Waals surface area (Å²) in [6.45, 7) is 3.65. The highest BCUT2D eigenvalue weighted by molar-refractivity contribution is 5.76. The monoisotopic (exact) mass is 1020 g/mol. The van der Waals surface area contributed by atoms with Gasteiger partial charge >= 0.3 is 0 Å². The van der Waals surface area contributed by atoms with Crippen LogP contribution in [0, 0.1) is 0 Å². The highest BCUT2D eigenvalue weighted by atomic mass is 16.7. The van der Waals surface area contributed by atoms with Crippen LogP contribution in [0.25, 0.3) is 0 Å². The van der Waals surface area contributed by atoms with Crippen molar-refractivity contribution in [3.63, 3.8) is 0 Å². The van der Waals surface area contributed by atoms with Crippen molar-refractivity contribution in [1.82, 2.24) is 5.32 Å². The van der Waals surface area contributed by atoms with Crippen LogP contribution in [0.5, 0.6) is 0 Å². The van der Waals surface area contributed by atoms with Crippen LogP contribution < -0.4 is 5.32 Å². The number of ether oxygens (including phenoxy) is 2. The predicted octanol–water partition coefficient (Wildman–Crippen LogP) is 15.2. The van der Waals surface area contributed by atoms with Crippen LogP contribution in [-0.2, 0) is 14.3 Å². The molecule has 1 saturated heterocycles. The van der Waals surface area contributed by atoms with Crippen LogP contribution in [-0.4, -0.2) is 87.5 Å². The van der Waals surface area contributed by atoms with Gasteiger partial charge in [-0.25, -0.2) is 0 Å². The van der Waals surface area contributed by atoms with E-state index < -0.39 is 49.5 Å². The van der Waals surface area contributed by atoms with Crippen LogP contribution in [0.3, 0.4) is 0 Å². The number of amides is 1. The van der Waals surface area contributed by atoms with Crippen LogP contribution in [0.4, 0.5) is 0 Å². The minimum Gasteiger partial charge on any atom is -0.394 e. The normalized spacial score (nSPS) is 19.8. The number of carbonyl (C=O) groups excluding carboxylic acids is 1. The van der Waals surface area contributed by atoms with Gasteiger partial charge in [0.15, 0.2) is 6.29 Å². The summed E-state index contributed by atoms with van der Waals surface area (Å²) in [5, 5.41) is 54.5. The molecule has 6 N–H and O–H groups in total. The van der Waals surface area contributed by atoms with E-state index in [0.29, 0.717) is 6.42 Å². The number of carbonyl (C=O) groups is 1. The maximum atomic E-state index is 13.1. The summed E-state index contributed by atoms with van der Waals surface area (Å²) in [6.07, 6.45) is 69.0. The molecule has 1 amide bonds. The molecule has 73 heavy (non-hydrogen) atoms. The van der Waals surface area contributed by atoms with Gasteiger partial charge < -0.3 is 40.3 Å². The van der Waals surface area contributed by atoms with Gasteiger partial charge in [-0.3, -0.25) is 4.79 Å². The fourth-order valence-corrected chi connectivity index (χ4v) is 8.94. The van der Waals surface area contributed by atoms with Crippen molar-refractivity contribution in [2.45, 2.75) is 288 Å². The van der Waals surface area contributed by atoms with Gasteiger partial charge in [0.1, 0.15) is 24.4 Å². The average molecular weight is 1020 g/mol. The Kier molecular flexibility index (Phi) is 49.0. The van der Waals surface area contributed by atoms with Gasteiger partial charge in [-0.15, -0.1) is 0 Å². The molecular formula is C64H111NO8. The highest BCUT2D eigenvalue weighted by Crippen LogP contribution is 2.23. The van der Waals surface area contributed by atoms with Gasteiger partial charge in [0.05, 0.1) is 25.4 Å². The molecule has 0 spiro atoms. The van der Waals surface area contributed by atoms with E-state index in [1.165, 1.54) is 122 Å². The summed E-state index contributed by atoms with van der Waals surface area (Å²) < 4.78 is 11.3. The molecule has 0 aromatic heterocycles. The predicted molar refractivity (Wildman–Crippen MR) is 308 cm³/mol. The zero-order valence-electron chi connectivity index (χ0n) is 46.6. The van der Waals surface area contributed by atoms with Crippen molar-refractivity contribution in [2.24, 2.45) is 0 Å². The van der Waals surface area contributed by atoms with Gasteiger partial charge in [-0.05, 0) is 83.5 Å². The van der Waals surface area contributed by atoms with E-state index in [-0.39, 0.29) is 12.5 Å². The van der Waals surface area contributed by atoms with E-state index in [0.717, 1.165) is 103 Å². The molecule has 9 nitrogen and oxygen atoms in total. The molecule has 0 saturated carbocycles. The third-order valence-corrected chi connectivity index (χ3v) is 13.6. The molecule has 7 unspecified atom stereocenters. The molecule has 1 aliphatic rings. The molecule has 420 valence electrons. The van der Waals surface area contributed by atoms with Gasteiger partial charge in [-0.2, -0.15) is 0 Å². The zero-order valence-corrected chi connectivity index (χ0v) is 46.6. The Morgan fingerprint density at radius 3 is 1.32 bits per heavy atom. The first kappa shape index (κ1) is 68.1. The lowest BCUT2D eigenvalue weighted by Gasteiger charge is -2.40. The van der Waals surface area contributed by atoms with E-state index >= 15 is 0 Å². The van der Waals surface area contributed by atoms with Crippen molar-refractivity contribution in [3.8, 4) is 0 Å². The van der Waals surface area contributed by atoms with Crippen molar-refractivity contribution < 1.29 is 39.8 Å². The summed E-state index contributed by atoms with van der Waals surface area (Å²) in [5.41, 5.74) is 0. The second-order valence-corrected chi connectivity index (χ2v) is 20.4. The van der Waals surface area contributed by atoms with Crippen molar-refractivity contribution in [3.05, 3.63) is 97.2 Å². The number of allylic oxidation sites excluding steroid dienone is 15. The molecule has 1 fully saturated rings. The Balaban J connectivity index is 2.27. The second-order valence-electron chi connectivity index (χ2n) is 20.4. The van der Waals surface area contributed by atoms with Gasteiger partial charge in [-0.1, -0.05) is 252 Å². The van der Waals surface area contributed by atoms with Crippen molar-refractivity contribution in [2.75, 3.05) is 13.2 Å². The van der Waals surface area contributed by atoms with Crippen LogP contribution in [0.15, 0.2) is 97.2 Å². The maximum absolute atomic E-state index is 13.1. The summed E-state index contributed by atoms with van der Waals surface area (Å²) in [7, 11) is 0. The summed E-state index contributed by atoms with van der Waals surface area (Å²) in [5.74, 6) is -0.203. The quantitative estimate of drug-likeness (QED) is 0.0261. The smallest absolute Gasteiger partial charge is 0.220 e. The van der Waals surface area contributed by atoms with Gasteiger partial charge in [0, 0.05) is 6.42 Å². The molecule has 0 aromatic rings. The molecule has 7 atom stereocenters. The first-order valence-electron chi connectivity index (χ1n) is 30.0. The molecule has 0 aliphatic carbocycles. The zero-order chi connectivity index (χ0) is 52.9. The maximum Gasteiger partial charge on any atom is 0.220 e. The molecular weight excluding hydrogens is 911 g/mol. The molecule has 1 rings (SSSR count). The largest absolute Gasteiger partial charge is 0.394 e. The topological polar surface area (TPSA) is 149 Å². The number of aliphatic hydroxyl groups excluding tert-OH is 5. The molecule has 1 heterocycles. The Morgan fingerprint density at radius 2 is 0.863 bits per heavy atom. The first-order chi connectivity index (χ1) is 35.8. The second kappa shape index (κ2) is 52.5. The average Bonchev–Trinajstić information content (AvgIpc) is 3.39. The lowest BCUT2D eigenvalue weighted by molar-refractivity contribution is -0.302. The summed E-state index contributed by atoms with van der Waals surface area (Å²) in [6, 6.07) is -0.838. The van der Waals surface area contributed by atoms with E-state index in [1.807, 2.05) is 6.08 Å². The lowest BCUT2D eigenvalue weighted by Crippen LogP contribution is -2.60. The number of aliphatic hydroxyl groups is 5. The Labute approximate surface area is 447 Å². The third-order valence-electron chi connectivity index (χ3n) is 13.6. The number of hydrogen-bond donors (Lipinski definition) is 6. The Hall–Kier alpha value is -2.89. The standard InChI is InChI=1S/C64H111NO8/c1-3-5-7-9-11-13-15-17-19-21-23-25-27-29-31-33-35-37-39-41-43-45-47-49-51-53-58(67)57(56-72-64-63(71)62(70)61(69)59(55-66)73-64)65-60(68)54-52-50-48-46-44-42-40-38-36-34-32-30-28-26-24-22-20-18-16-14-12-10-8-6-4-2/h6,8,12,14,18,20,24,26,30,32,36,38,43,45,51,53,57-59,61-64,66-67,69-71H,3-5,7,9-11,13,15-17,19,21-23,25,27-29,31,33-35,37,39-42,44,46-50,52,54-56H2,1-2H3,(H,65,68)/b8-6-,14-12-,20-18-,26-24-,32-30-,38-36-,45-43+,53-51+. The number of unbranched alkanes of at least 4 members (excludes halogenated alkanes) is 26. The SMILES string of the molecule is CC/C=C\C/C=C\C/C=C\C/C=C\C/C=C\C/C=C\CCCCCCCCC(=O)NC(COC1OC(CO)C(O)C(O)C1O)C(O)/C=C/CC/C=C/CCCCCCCCCCCCCCCCCCCCC.